The van der Waals surface area contributed by atoms with Gasteiger partial charge in [-0.25, -0.2) is 0 Å². The summed E-state index contributed by atoms with van der Waals surface area (Å²) >= 11 is 0. The lowest BCUT2D eigenvalue weighted by molar-refractivity contribution is -0.168. The van der Waals surface area contributed by atoms with Crippen LogP contribution < -0.4 is 15.4 Å². The second-order valence-electron chi connectivity index (χ2n) is 6.92. The van der Waals surface area contributed by atoms with Crippen LogP contribution in [0, 0.1) is 0 Å². The van der Waals surface area contributed by atoms with Crippen LogP contribution in [0.4, 0.5) is 5.69 Å². The molecule has 2 aromatic carbocycles. The highest BCUT2D eigenvalue weighted by atomic mass is 16.7. The third-order valence-corrected chi connectivity index (χ3v) is 5.25. The summed E-state index contributed by atoms with van der Waals surface area (Å²) in [4.78, 5) is 14.6. The molecule has 4 rings (SSSR count). The number of nitrogens with zero attached hydrogens (tertiary/aromatic N) is 1. The summed E-state index contributed by atoms with van der Waals surface area (Å²) in [7, 11) is 3.41. The molecule has 2 N–H and O–H groups in total. The Morgan fingerprint density at radius 3 is 2.71 bits per heavy atom. The van der Waals surface area contributed by atoms with Crippen molar-refractivity contribution in [3.63, 3.8) is 0 Å². The zero-order valence-electron chi connectivity index (χ0n) is 16.1. The molecule has 0 bridgehead atoms. The number of carbonyl (C=O) groups is 1. The van der Waals surface area contributed by atoms with E-state index in [-0.39, 0.29) is 5.91 Å². The Labute approximate surface area is 164 Å². The molecule has 0 unspecified atom stereocenters. The third kappa shape index (κ3) is 3.09. The van der Waals surface area contributed by atoms with Crippen LogP contribution in [-0.4, -0.2) is 39.8 Å². The second-order valence-corrected chi connectivity index (χ2v) is 6.92. The molecule has 28 heavy (non-hydrogen) atoms. The summed E-state index contributed by atoms with van der Waals surface area (Å²) in [5.74, 6) is -0.136. The van der Waals surface area contributed by atoms with Gasteiger partial charge in [0.25, 0.3) is 5.91 Å². The fourth-order valence-corrected chi connectivity index (χ4v) is 3.82. The zero-order valence-corrected chi connectivity index (χ0v) is 16.1. The van der Waals surface area contributed by atoms with E-state index >= 15 is 0 Å². The van der Waals surface area contributed by atoms with Crippen LogP contribution in [0.5, 0.6) is 5.75 Å². The third-order valence-electron chi connectivity index (χ3n) is 5.25. The minimum atomic E-state index is -0.838. The molecular formula is C22H24N2O4. The average Bonchev–Trinajstić information content (AvgIpc) is 3.28. The maximum absolute atomic E-state index is 12.9. The highest BCUT2D eigenvalue weighted by molar-refractivity contribution is 6.35. The lowest BCUT2D eigenvalue weighted by atomic mass is 9.96. The summed E-state index contributed by atoms with van der Waals surface area (Å²) in [6, 6.07) is 13.5. The maximum atomic E-state index is 12.9. The monoisotopic (exact) mass is 380 g/mol. The standard InChI is InChI=1S/C22H24N2O4/c1-24-20-7-6-16(22(8-9-23)27-10-11-28-22)14-18(20)19(21(24)25)13-15-4-3-5-17(12-15)26-2/h3-7,12-14H,8-11,23H2,1-2H3/b19-13-. The second kappa shape index (κ2) is 7.39. The summed E-state index contributed by atoms with van der Waals surface area (Å²) in [5.41, 5.74) is 9.95. The number of anilines is 1. The number of nitrogens with two attached hydrogens (primary N) is 1. The molecule has 0 saturated carbocycles. The van der Waals surface area contributed by atoms with Crippen molar-refractivity contribution in [2.75, 3.05) is 38.8 Å². The fourth-order valence-electron chi connectivity index (χ4n) is 3.82. The Bertz CT molecular complexity index is 932. The van der Waals surface area contributed by atoms with Crippen molar-refractivity contribution in [1.82, 2.24) is 0 Å². The van der Waals surface area contributed by atoms with Crippen LogP contribution in [0.15, 0.2) is 42.5 Å². The molecule has 2 aromatic rings. The lowest BCUT2D eigenvalue weighted by Crippen LogP contribution is -2.30. The molecule has 0 atom stereocenters. The van der Waals surface area contributed by atoms with Crippen molar-refractivity contribution in [2.45, 2.75) is 12.2 Å². The quantitative estimate of drug-likeness (QED) is 0.808. The molecule has 2 aliphatic rings. The average molecular weight is 380 g/mol. The molecule has 1 amide bonds. The van der Waals surface area contributed by atoms with Crippen molar-refractivity contribution in [3.05, 3.63) is 59.2 Å². The van der Waals surface area contributed by atoms with Crippen molar-refractivity contribution >= 4 is 23.2 Å². The number of benzene rings is 2. The predicted octanol–water partition coefficient (Wildman–Crippen LogP) is 2.76. The molecule has 2 aliphatic heterocycles. The van der Waals surface area contributed by atoms with E-state index in [1.54, 1.807) is 19.1 Å². The number of fused-ring (bicyclic) bond motifs is 1. The number of ether oxygens (including phenoxy) is 3. The molecule has 1 fully saturated rings. The molecule has 0 aromatic heterocycles. The Hall–Kier alpha value is -2.67. The summed E-state index contributed by atoms with van der Waals surface area (Å²) < 4.78 is 17.1. The molecule has 0 aliphatic carbocycles. The predicted molar refractivity (Wildman–Crippen MR) is 108 cm³/mol. The van der Waals surface area contributed by atoms with Gasteiger partial charge in [0.15, 0.2) is 5.79 Å². The van der Waals surface area contributed by atoms with E-state index in [0.717, 1.165) is 28.1 Å². The smallest absolute Gasteiger partial charge is 0.258 e. The van der Waals surface area contributed by atoms with Gasteiger partial charge in [-0.3, -0.25) is 4.79 Å². The Morgan fingerprint density at radius 1 is 1.21 bits per heavy atom. The van der Waals surface area contributed by atoms with Crippen LogP contribution >= 0.6 is 0 Å². The summed E-state index contributed by atoms with van der Waals surface area (Å²) in [6.45, 7) is 1.51. The van der Waals surface area contributed by atoms with Crippen molar-refractivity contribution < 1.29 is 19.0 Å². The van der Waals surface area contributed by atoms with E-state index in [2.05, 4.69) is 0 Å². The van der Waals surface area contributed by atoms with Crippen molar-refractivity contribution in [1.29, 1.82) is 0 Å². The van der Waals surface area contributed by atoms with E-state index in [1.807, 2.05) is 48.5 Å². The van der Waals surface area contributed by atoms with Gasteiger partial charge in [0.1, 0.15) is 5.75 Å². The molecule has 2 heterocycles. The van der Waals surface area contributed by atoms with Crippen LogP contribution in [0.1, 0.15) is 23.1 Å². The van der Waals surface area contributed by atoms with E-state index < -0.39 is 5.79 Å². The van der Waals surface area contributed by atoms with E-state index in [1.165, 1.54) is 0 Å². The first kappa shape index (κ1) is 18.7. The Kier molecular flexibility index (Phi) is 4.93. The highest BCUT2D eigenvalue weighted by Gasteiger charge is 2.40. The van der Waals surface area contributed by atoms with E-state index in [0.29, 0.717) is 31.8 Å². The van der Waals surface area contributed by atoms with Crippen molar-refractivity contribution in [2.24, 2.45) is 5.73 Å². The molecule has 146 valence electrons. The number of hydrogen-bond donors (Lipinski definition) is 1. The normalized spacial score (nSPS) is 19.3. The topological polar surface area (TPSA) is 74.0 Å². The van der Waals surface area contributed by atoms with Crippen LogP contribution in [0.3, 0.4) is 0 Å². The van der Waals surface area contributed by atoms with Gasteiger partial charge in [-0.1, -0.05) is 18.2 Å². The minimum Gasteiger partial charge on any atom is -0.497 e. The van der Waals surface area contributed by atoms with Gasteiger partial charge in [-0.05, 0) is 42.4 Å². The largest absolute Gasteiger partial charge is 0.497 e. The summed E-state index contributed by atoms with van der Waals surface area (Å²) in [5, 5.41) is 0. The molecule has 1 saturated heterocycles. The van der Waals surface area contributed by atoms with E-state index in [9.17, 15) is 4.79 Å². The minimum absolute atomic E-state index is 0.0453. The maximum Gasteiger partial charge on any atom is 0.258 e. The first-order chi connectivity index (χ1) is 13.6. The van der Waals surface area contributed by atoms with Gasteiger partial charge in [0, 0.05) is 30.2 Å². The van der Waals surface area contributed by atoms with Gasteiger partial charge in [0.2, 0.25) is 0 Å². The number of methoxy groups -OCH3 is 1. The highest BCUT2D eigenvalue weighted by Crippen LogP contribution is 2.42. The van der Waals surface area contributed by atoms with Crippen LogP contribution in [0.25, 0.3) is 11.6 Å². The van der Waals surface area contributed by atoms with Gasteiger partial charge in [-0.2, -0.15) is 0 Å². The van der Waals surface area contributed by atoms with Gasteiger partial charge in [-0.15, -0.1) is 0 Å². The number of hydrogen-bond acceptors (Lipinski definition) is 5. The molecular weight excluding hydrogens is 356 g/mol. The number of carbonyl (C=O) groups excluding carboxylic acids is 1. The summed E-state index contributed by atoms with van der Waals surface area (Å²) in [6.07, 6.45) is 2.45. The zero-order chi connectivity index (χ0) is 19.7. The Morgan fingerprint density at radius 2 is 2.00 bits per heavy atom. The van der Waals surface area contributed by atoms with Gasteiger partial charge < -0.3 is 24.8 Å². The first-order valence-electron chi connectivity index (χ1n) is 9.35. The number of likely N-dealkylation sites (N-methyl/N-ethyl adjacent to an activating group) is 1. The van der Waals surface area contributed by atoms with E-state index in [4.69, 9.17) is 19.9 Å². The Balaban J connectivity index is 1.80. The molecule has 0 spiro atoms. The van der Waals surface area contributed by atoms with Gasteiger partial charge >= 0.3 is 0 Å². The molecule has 0 radical (unpaired) electrons. The van der Waals surface area contributed by atoms with Crippen LogP contribution in [0.2, 0.25) is 0 Å². The van der Waals surface area contributed by atoms with Gasteiger partial charge in [0.05, 0.1) is 26.0 Å². The lowest BCUT2D eigenvalue weighted by Gasteiger charge is -2.28. The van der Waals surface area contributed by atoms with Crippen molar-refractivity contribution in [3.8, 4) is 5.75 Å². The molecule has 6 nitrogen and oxygen atoms in total. The fraction of sp³-hybridized carbons (Fsp3) is 0.318. The first-order valence-corrected chi connectivity index (χ1v) is 9.35. The SMILES string of the molecule is COc1cccc(/C=C2\C(=O)N(C)c3ccc(C4(CCN)OCCO4)cc32)c1. The number of amides is 1. The number of rotatable bonds is 5. The molecule has 6 heteroatoms. The van der Waals surface area contributed by atoms with Crippen LogP contribution in [-0.2, 0) is 20.1 Å².